The molecule has 2 aromatic rings. The van der Waals surface area contributed by atoms with E-state index < -0.39 is 5.60 Å². The summed E-state index contributed by atoms with van der Waals surface area (Å²) in [5, 5.41) is 1.25. The Hall–Kier alpha value is -1.92. The summed E-state index contributed by atoms with van der Waals surface area (Å²) in [4.78, 5) is 21.9. The monoisotopic (exact) mass is 427 g/mol. The molecule has 1 aliphatic heterocycles. The molecule has 1 unspecified atom stereocenters. The van der Waals surface area contributed by atoms with Crippen LogP contribution in [0.25, 0.3) is 15.9 Å². The van der Waals surface area contributed by atoms with Crippen molar-refractivity contribution in [2.24, 2.45) is 5.92 Å². The maximum absolute atomic E-state index is 12.9. The molecule has 6 heteroatoms. The van der Waals surface area contributed by atoms with Crippen molar-refractivity contribution in [1.82, 2.24) is 14.8 Å². The first-order valence-corrected chi connectivity index (χ1v) is 11.7. The summed E-state index contributed by atoms with van der Waals surface area (Å²) < 4.78 is 6.90. The third-order valence-corrected chi connectivity index (χ3v) is 7.20. The lowest BCUT2D eigenvalue weighted by atomic mass is 9.80. The van der Waals surface area contributed by atoms with Gasteiger partial charge in [-0.05, 0) is 72.2 Å². The van der Waals surface area contributed by atoms with Crippen LogP contribution in [-0.4, -0.2) is 53.2 Å². The number of hydrogen-bond donors (Lipinski definition) is 0. The van der Waals surface area contributed by atoms with Crippen molar-refractivity contribution in [3.63, 3.8) is 0 Å². The molecular weight excluding hydrogens is 394 g/mol. The molecule has 1 aromatic heterocycles. The standard InChI is InChI=1S/C24H33N3O2S/c1-15-7-9-20(27(14-15)23(28)29-24(2,3)4)16-8-10-21-19(13-16)25-22(30-21)17-11-18(12-17)26(5)6/h8-10,13,15,17-18H,7,11-12,14H2,1-6H3. The highest BCUT2D eigenvalue weighted by atomic mass is 32.1. The van der Waals surface area contributed by atoms with Crippen LogP contribution in [0.4, 0.5) is 4.79 Å². The van der Waals surface area contributed by atoms with Crippen LogP contribution in [0.3, 0.4) is 0 Å². The molecule has 4 rings (SSSR count). The van der Waals surface area contributed by atoms with Gasteiger partial charge in [0.1, 0.15) is 5.60 Å². The molecule has 1 fully saturated rings. The second kappa shape index (κ2) is 7.97. The van der Waals surface area contributed by atoms with E-state index in [2.05, 4.69) is 50.2 Å². The lowest BCUT2D eigenvalue weighted by Crippen LogP contribution is -2.39. The Kier molecular flexibility index (Phi) is 5.66. The second-order valence-electron chi connectivity index (χ2n) is 10.0. The summed E-state index contributed by atoms with van der Waals surface area (Å²) in [5.74, 6) is 0.991. The van der Waals surface area contributed by atoms with Gasteiger partial charge in [-0.1, -0.05) is 19.1 Å². The number of allylic oxidation sites excluding steroid dienone is 1. The maximum atomic E-state index is 12.9. The van der Waals surface area contributed by atoms with Gasteiger partial charge in [0.25, 0.3) is 0 Å². The molecule has 0 radical (unpaired) electrons. The Balaban J connectivity index is 1.59. The number of benzene rings is 1. The molecule has 1 saturated carbocycles. The van der Waals surface area contributed by atoms with Crippen molar-refractivity contribution in [2.45, 2.75) is 64.5 Å². The highest BCUT2D eigenvalue weighted by Gasteiger charge is 2.34. The highest BCUT2D eigenvalue weighted by Crippen LogP contribution is 2.42. The van der Waals surface area contributed by atoms with Gasteiger partial charge in [0.2, 0.25) is 0 Å². The fourth-order valence-corrected chi connectivity index (χ4v) is 5.24. The summed E-state index contributed by atoms with van der Waals surface area (Å²) in [7, 11) is 4.31. The van der Waals surface area contributed by atoms with Crippen molar-refractivity contribution < 1.29 is 9.53 Å². The molecule has 1 aromatic carbocycles. The van der Waals surface area contributed by atoms with E-state index in [4.69, 9.17) is 9.72 Å². The topological polar surface area (TPSA) is 45.7 Å². The molecular formula is C24H33N3O2S. The summed E-state index contributed by atoms with van der Waals surface area (Å²) in [6.07, 6.45) is 5.23. The van der Waals surface area contributed by atoms with Crippen LogP contribution in [0, 0.1) is 5.92 Å². The summed E-state index contributed by atoms with van der Waals surface area (Å²) >= 11 is 1.81. The Bertz CT molecular complexity index is 966. The minimum Gasteiger partial charge on any atom is -0.443 e. The normalized spacial score (nSPS) is 24.7. The fourth-order valence-electron chi connectivity index (χ4n) is 4.16. The van der Waals surface area contributed by atoms with Crippen LogP contribution < -0.4 is 0 Å². The molecule has 5 nitrogen and oxygen atoms in total. The minimum atomic E-state index is -0.510. The van der Waals surface area contributed by atoms with Gasteiger partial charge in [-0.2, -0.15) is 0 Å². The molecule has 0 spiro atoms. The number of aromatic nitrogens is 1. The molecule has 0 bridgehead atoms. The first-order valence-electron chi connectivity index (χ1n) is 10.9. The van der Waals surface area contributed by atoms with Crippen molar-refractivity contribution in [3.05, 3.63) is 34.8 Å². The van der Waals surface area contributed by atoms with Crippen LogP contribution in [0.1, 0.15) is 63.4 Å². The zero-order valence-electron chi connectivity index (χ0n) is 18.9. The number of nitrogens with zero attached hydrogens (tertiary/aromatic N) is 3. The van der Waals surface area contributed by atoms with E-state index in [1.54, 1.807) is 4.90 Å². The van der Waals surface area contributed by atoms with Crippen LogP contribution in [0.2, 0.25) is 0 Å². The van der Waals surface area contributed by atoms with Gasteiger partial charge >= 0.3 is 6.09 Å². The van der Waals surface area contributed by atoms with E-state index >= 15 is 0 Å². The maximum Gasteiger partial charge on any atom is 0.414 e. The summed E-state index contributed by atoms with van der Waals surface area (Å²) in [6.45, 7) is 8.57. The molecule has 2 aliphatic rings. The fraction of sp³-hybridized carbons (Fsp3) is 0.583. The second-order valence-corrected chi connectivity index (χ2v) is 11.1. The van der Waals surface area contributed by atoms with Crippen LogP contribution >= 0.6 is 11.3 Å². The average Bonchev–Trinajstić information content (AvgIpc) is 3.01. The Morgan fingerprint density at radius 2 is 2.00 bits per heavy atom. The number of rotatable bonds is 3. The van der Waals surface area contributed by atoms with E-state index in [9.17, 15) is 4.79 Å². The molecule has 1 atom stereocenters. The molecule has 2 heterocycles. The van der Waals surface area contributed by atoms with E-state index in [1.165, 1.54) is 22.5 Å². The van der Waals surface area contributed by atoms with Crippen molar-refractivity contribution in [1.29, 1.82) is 0 Å². The van der Waals surface area contributed by atoms with Gasteiger partial charge in [0, 0.05) is 24.1 Å². The summed E-state index contributed by atoms with van der Waals surface area (Å²) in [6, 6.07) is 7.08. The van der Waals surface area contributed by atoms with Gasteiger partial charge < -0.3 is 9.64 Å². The molecule has 0 saturated heterocycles. The van der Waals surface area contributed by atoms with Crippen LogP contribution in [-0.2, 0) is 4.74 Å². The third kappa shape index (κ3) is 4.40. The molecule has 0 N–H and O–H groups in total. The smallest absolute Gasteiger partial charge is 0.414 e. The first kappa shape index (κ1) is 21.3. The molecule has 30 heavy (non-hydrogen) atoms. The number of thiazole rings is 1. The number of ether oxygens (including phenoxy) is 1. The van der Waals surface area contributed by atoms with Gasteiger partial charge in [0.15, 0.2) is 0 Å². The van der Waals surface area contributed by atoms with Gasteiger partial charge in [-0.15, -0.1) is 11.3 Å². The van der Waals surface area contributed by atoms with Crippen molar-refractivity contribution in [2.75, 3.05) is 20.6 Å². The van der Waals surface area contributed by atoms with E-state index in [1.807, 2.05) is 32.1 Å². The number of hydrogen-bond acceptors (Lipinski definition) is 5. The van der Waals surface area contributed by atoms with Crippen LogP contribution in [0.15, 0.2) is 24.3 Å². The average molecular weight is 428 g/mol. The minimum absolute atomic E-state index is 0.274. The number of amides is 1. The Morgan fingerprint density at radius 1 is 1.27 bits per heavy atom. The van der Waals surface area contributed by atoms with E-state index in [0.717, 1.165) is 23.2 Å². The third-order valence-electron chi connectivity index (χ3n) is 6.01. The van der Waals surface area contributed by atoms with E-state index in [-0.39, 0.29) is 6.09 Å². The Morgan fingerprint density at radius 3 is 2.67 bits per heavy atom. The predicted octanol–water partition coefficient (Wildman–Crippen LogP) is 5.72. The van der Waals surface area contributed by atoms with Crippen molar-refractivity contribution in [3.8, 4) is 0 Å². The SMILES string of the molecule is CC1CC=C(c2ccc3sc(C4CC(N(C)C)C4)nc3c2)N(C(=O)OC(C)(C)C)C1. The number of carbonyl (C=O) groups excluding carboxylic acids is 1. The lowest BCUT2D eigenvalue weighted by Gasteiger charge is -2.38. The largest absolute Gasteiger partial charge is 0.443 e. The summed E-state index contributed by atoms with van der Waals surface area (Å²) in [5.41, 5.74) is 2.50. The zero-order chi connectivity index (χ0) is 21.6. The quantitative estimate of drug-likeness (QED) is 0.628. The van der Waals surface area contributed by atoms with Gasteiger partial charge in [-0.25, -0.2) is 9.78 Å². The predicted molar refractivity (Wildman–Crippen MR) is 124 cm³/mol. The molecule has 162 valence electrons. The zero-order valence-corrected chi connectivity index (χ0v) is 19.8. The van der Waals surface area contributed by atoms with Crippen molar-refractivity contribution >= 4 is 33.3 Å². The van der Waals surface area contributed by atoms with E-state index in [0.29, 0.717) is 24.4 Å². The highest BCUT2D eigenvalue weighted by molar-refractivity contribution is 7.18. The van der Waals surface area contributed by atoms with Crippen LogP contribution in [0.5, 0.6) is 0 Å². The molecule has 1 amide bonds. The van der Waals surface area contributed by atoms with Gasteiger partial charge in [0.05, 0.1) is 20.9 Å². The Labute approximate surface area is 183 Å². The number of fused-ring (bicyclic) bond motifs is 1. The number of carbonyl (C=O) groups is 1. The molecule has 1 aliphatic carbocycles. The first-order chi connectivity index (χ1) is 14.1. The van der Waals surface area contributed by atoms with Gasteiger partial charge in [-0.3, -0.25) is 4.90 Å². The lowest BCUT2D eigenvalue weighted by molar-refractivity contribution is 0.0327.